The van der Waals surface area contributed by atoms with Crippen molar-refractivity contribution in [3.8, 4) is 5.75 Å². The molecule has 1 atom stereocenters. The van der Waals surface area contributed by atoms with Gasteiger partial charge in [0.05, 0.1) is 12.7 Å². The van der Waals surface area contributed by atoms with Gasteiger partial charge in [0.25, 0.3) is 5.91 Å². The first-order valence-corrected chi connectivity index (χ1v) is 8.44. The van der Waals surface area contributed by atoms with Crippen molar-refractivity contribution in [2.24, 2.45) is 5.73 Å². The van der Waals surface area contributed by atoms with Gasteiger partial charge in [-0.3, -0.25) is 9.59 Å². The fourth-order valence-corrected chi connectivity index (χ4v) is 3.40. The van der Waals surface area contributed by atoms with Gasteiger partial charge in [0, 0.05) is 19.2 Å². The summed E-state index contributed by atoms with van der Waals surface area (Å²) in [6, 6.07) is 7.11. The zero-order valence-electron chi connectivity index (χ0n) is 14.0. The van der Waals surface area contributed by atoms with Crippen LogP contribution in [0.4, 0.5) is 0 Å². The first-order chi connectivity index (χ1) is 11.6. The van der Waals surface area contributed by atoms with Crippen LogP contribution >= 0.6 is 0 Å². The zero-order chi connectivity index (χ0) is 17.2. The molecule has 1 aromatic rings. The molecule has 24 heavy (non-hydrogen) atoms. The van der Waals surface area contributed by atoms with Gasteiger partial charge < -0.3 is 20.1 Å². The average Bonchev–Trinajstić information content (AvgIpc) is 2.96. The Kier molecular flexibility index (Phi) is 4.76. The lowest BCUT2D eigenvalue weighted by atomic mass is 9.95. The second-order valence-electron chi connectivity index (χ2n) is 6.58. The highest BCUT2D eigenvalue weighted by Crippen LogP contribution is 2.32. The fraction of sp³-hybridized carbons (Fsp3) is 0.556. The van der Waals surface area contributed by atoms with Crippen LogP contribution in [0.1, 0.15) is 42.5 Å². The Morgan fingerprint density at radius 1 is 1.25 bits per heavy atom. The molecule has 0 radical (unpaired) electrons. The third-order valence-corrected chi connectivity index (χ3v) is 5.03. The number of hydrogen-bond donors (Lipinski definition) is 1. The largest absolute Gasteiger partial charge is 0.490 e. The van der Waals surface area contributed by atoms with Crippen molar-refractivity contribution in [3.05, 3.63) is 29.8 Å². The molecule has 130 valence electrons. The summed E-state index contributed by atoms with van der Waals surface area (Å²) < 4.78 is 11.0. The lowest BCUT2D eigenvalue weighted by Gasteiger charge is -2.35. The Morgan fingerprint density at radius 2 is 1.96 bits per heavy atom. The van der Waals surface area contributed by atoms with Gasteiger partial charge in [-0.1, -0.05) is 0 Å². The van der Waals surface area contributed by atoms with E-state index in [0.29, 0.717) is 24.6 Å². The summed E-state index contributed by atoms with van der Waals surface area (Å²) in [5, 5.41) is 0. The van der Waals surface area contributed by atoms with E-state index in [0.717, 1.165) is 25.0 Å². The van der Waals surface area contributed by atoms with Crippen molar-refractivity contribution in [2.75, 3.05) is 20.3 Å². The molecule has 6 heteroatoms. The number of rotatable bonds is 6. The summed E-state index contributed by atoms with van der Waals surface area (Å²) in [6.07, 6.45) is 4.96. The molecule has 1 aliphatic carbocycles. The predicted molar refractivity (Wildman–Crippen MR) is 88.8 cm³/mol. The molecule has 2 amide bonds. The lowest BCUT2D eigenvalue weighted by Crippen LogP contribution is -2.58. The van der Waals surface area contributed by atoms with E-state index in [1.165, 1.54) is 13.5 Å². The Morgan fingerprint density at radius 3 is 2.50 bits per heavy atom. The molecule has 1 heterocycles. The maximum atomic E-state index is 12.9. The lowest BCUT2D eigenvalue weighted by molar-refractivity contribution is -0.130. The number of amides is 2. The molecule has 0 aromatic heterocycles. The Labute approximate surface area is 141 Å². The highest BCUT2D eigenvalue weighted by molar-refractivity contribution is 5.99. The Bertz CT molecular complexity index is 612. The average molecular weight is 332 g/mol. The SMILES string of the molecule is COCC1(C(N)=O)CCCN1C(=O)c1ccc(OC2CCC2)cc1. The highest BCUT2D eigenvalue weighted by atomic mass is 16.5. The quantitative estimate of drug-likeness (QED) is 0.860. The summed E-state index contributed by atoms with van der Waals surface area (Å²) in [5.41, 5.74) is 5.07. The number of carbonyl (C=O) groups excluding carboxylic acids is 2. The van der Waals surface area contributed by atoms with Crippen LogP contribution in [0.5, 0.6) is 5.75 Å². The molecular formula is C18H24N2O4. The standard InChI is InChI=1S/C18H24N2O4/c1-23-12-18(17(19)22)10-3-11-20(18)16(21)13-6-8-15(9-7-13)24-14-4-2-5-14/h6-9,14H,2-5,10-12H2,1H3,(H2,19,22). The molecule has 6 nitrogen and oxygen atoms in total. The van der Waals surface area contributed by atoms with Crippen LogP contribution in [0.25, 0.3) is 0 Å². The molecule has 3 rings (SSSR count). The van der Waals surface area contributed by atoms with E-state index in [2.05, 4.69) is 0 Å². The van der Waals surface area contributed by atoms with E-state index in [1.807, 2.05) is 12.1 Å². The molecule has 1 saturated heterocycles. The molecule has 2 N–H and O–H groups in total. The molecule has 2 aliphatic rings. The number of ether oxygens (including phenoxy) is 2. The Hall–Kier alpha value is -2.08. The monoisotopic (exact) mass is 332 g/mol. The third-order valence-electron chi connectivity index (χ3n) is 5.03. The maximum absolute atomic E-state index is 12.9. The number of hydrogen-bond acceptors (Lipinski definition) is 4. The van der Waals surface area contributed by atoms with Crippen LogP contribution in [0.3, 0.4) is 0 Å². The maximum Gasteiger partial charge on any atom is 0.254 e. The first kappa shape index (κ1) is 16.8. The van der Waals surface area contributed by atoms with Crippen LogP contribution in [0.2, 0.25) is 0 Å². The van der Waals surface area contributed by atoms with Crippen molar-refractivity contribution in [1.82, 2.24) is 4.90 Å². The number of carbonyl (C=O) groups is 2. The second kappa shape index (κ2) is 6.81. The Balaban J connectivity index is 1.75. The smallest absolute Gasteiger partial charge is 0.254 e. The van der Waals surface area contributed by atoms with Crippen LogP contribution in [0, 0.1) is 0 Å². The van der Waals surface area contributed by atoms with E-state index in [4.69, 9.17) is 15.2 Å². The highest BCUT2D eigenvalue weighted by Gasteiger charge is 2.48. The molecule has 0 bridgehead atoms. The van der Waals surface area contributed by atoms with E-state index in [1.54, 1.807) is 17.0 Å². The van der Waals surface area contributed by atoms with Crippen LogP contribution in [-0.2, 0) is 9.53 Å². The van der Waals surface area contributed by atoms with Gasteiger partial charge in [0.15, 0.2) is 0 Å². The van der Waals surface area contributed by atoms with Gasteiger partial charge in [0.1, 0.15) is 11.3 Å². The van der Waals surface area contributed by atoms with Gasteiger partial charge in [-0.2, -0.15) is 0 Å². The summed E-state index contributed by atoms with van der Waals surface area (Å²) in [7, 11) is 1.51. The number of likely N-dealkylation sites (tertiary alicyclic amines) is 1. The van der Waals surface area contributed by atoms with Gasteiger partial charge >= 0.3 is 0 Å². The van der Waals surface area contributed by atoms with Gasteiger partial charge in [0.2, 0.25) is 5.91 Å². The summed E-state index contributed by atoms with van der Waals surface area (Å²) in [4.78, 5) is 26.4. The number of nitrogens with zero attached hydrogens (tertiary/aromatic N) is 1. The van der Waals surface area contributed by atoms with Gasteiger partial charge in [-0.15, -0.1) is 0 Å². The predicted octanol–water partition coefficient (Wildman–Crippen LogP) is 1.72. The molecule has 1 aromatic carbocycles. The molecule has 1 unspecified atom stereocenters. The summed E-state index contributed by atoms with van der Waals surface area (Å²) >= 11 is 0. The van der Waals surface area contributed by atoms with Crippen LogP contribution in [0.15, 0.2) is 24.3 Å². The minimum atomic E-state index is -1.05. The minimum Gasteiger partial charge on any atom is -0.490 e. The second-order valence-corrected chi connectivity index (χ2v) is 6.58. The fourth-order valence-electron chi connectivity index (χ4n) is 3.40. The molecular weight excluding hydrogens is 308 g/mol. The molecule has 0 spiro atoms. The van der Waals surface area contributed by atoms with Crippen LogP contribution < -0.4 is 10.5 Å². The van der Waals surface area contributed by atoms with E-state index in [-0.39, 0.29) is 12.5 Å². The minimum absolute atomic E-state index is 0.122. The molecule has 1 saturated carbocycles. The number of benzene rings is 1. The van der Waals surface area contributed by atoms with Crippen molar-refractivity contribution in [2.45, 2.75) is 43.7 Å². The normalized spacial score (nSPS) is 23.8. The molecule has 2 fully saturated rings. The molecule has 1 aliphatic heterocycles. The number of methoxy groups -OCH3 is 1. The third kappa shape index (κ3) is 2.98. The van der Waals surface area contributed by atoms with Crippen molar-refractivity contribution in [3.63, 3.8) is 0 Å². The van der Waals surface area contributed by atoms with Crippen LogP contribution in [-0.4, -0.2) is 48.6 Å². The van der Waals surface area contributed by atoms with Crippen molar-refractivity contribution >= 4 is 11.8 Å². The summed E-state index contributed by atoms with van der Waals surface area (Å²) in [5.74, 6) is 0.0643. The van der Waals surface area contributed by atoms with Crippen molar-refractivity contribution < 1.29 is 19.1 Å². The topological polar surface area (TPSA) is 81.9 Å². The van der Waals surface area contributed by atoms with E-state index in [9.17, 15) is 9.59 Å². The van der Waals surface area contributed by atoms with Crippen molar-refractivity contribution in [1.29, 1.82) is 0 Å². The first-order valence-electron chi connectivity index (χ1n) is 8.44. The number of primary amides is 1. The van der Waals surface area contributed by atoms with E-state index >= 15 is 0 Å². The van der Waals surface area contributed by atoms with Gasteiger partial charge in [-0.25, -0.2) is 0 Å². The van der Waals surface area contributed by atoms with E-state index < -0.39 is 11.4 Å². The summed E-state index contributed by atoms with van der Waals surface area (Å²) in [6.45, 7) is 0.627. The number of nitrogens with two attached hydrogens (primary N) is 1. The van der Waals surface area contributed by atoms with Gasteiger partial charge in [-0.05, 0) is 56.4 Å². The zero-order valence-corrected chi connectivity index (χ0v) is 14.0.